The summed E-state index contributed by atoms with van der Waals surface area (Å²) < 4.78 is 0. The molecule has 0 radical (unpaired) electrons. The third kappa shape index (κ3) is 4.67. The van der Waals surface area contributed by atoms with Crippen LogP contribution >= 0.6 is 12.4 Å². The van der Waals surface area contributed by atoms with Crippen LogP contribution in [-0.2, 0) is 4.79 Å². The van der Waals surface area contributed by atoms with E-state index in [9.17, 15) is 4.79 Å². The van der Waals surface area contributed by atoms with Gasteiger partial charge in [-0.15, -0.1) is 12.4 Å². The molecule has 0 aliphatic rings. The fourth-order valence-corrected chi connectivity index (χ4v) is 1.73. The van der Waals surface area contributed by atoms with E-state index in [2.05, 4.69) is 5.32 Å². The molecule has 1 rings (SSSR count). The van der Waals surface area contributed by atoms with E-state index in [1.165, 1.54) is 0 Å². The molecule has 3 N–H and O–H groups in total. The number of amides is 1. The lowest BCUT2D eigenvalue weighted by molar-refractivity contribution is -0.124. The van der Waals surface area contributed by atoms with Crippen molar-refractivity contribution in [3.05, 3.63) is 35.9 Å². The van der Waals surface area contributed by atoms with Crippen molar-refractivity contribution in [3.8, 4) is 0 Å². The molecule has 1 atom stereocenters. The minimum absolute atomic E-state index is 0. The number of carbonyl (C=O) groups is 1. The van der Waals surface area contributed by atoms with E-state index in [0.717, 1.165) is 12.0 Å². The van der Waals surface area contributed by atoms with Crippen LogP contribution in [0.5, 0.6) is 0 Å². The van der Waals surface area contributed by atoms with Crippen LogP contribution in [0.4, 0.5) is 0 Å². The van der Waals surface area contributed by atoms with Crippen molar-refractivity contribution in [2.75, 3.05) is 6.54 Å². The largest absolute Gasteiger partial charge is 0.349 e. The van der Waals surface area contributed by atoms with Crippen molar-refractivity contribution in [2.45, 2.75) is 38.6 Å². The molecule has 1 unspecified atom stereocenters. The van der Waals surface area contributed by atoms with Gasteiger partial charge in [0, 0.05) is 12.1 Å². The topological polar surface area (TPSA) is 55.1 Å². The second-order valence-corrected chi connectivity index (χ2v) is 4.95. The van der Waals surface area contributed by atoms with Gasteiger partial charge in [-0.25, -0.2) is 0 Å². The summed E-state index contributed by atoms with van der Waals surface area (Å²) in [7, 11) is 0. The Bertz CT molecular complexity index is 365. The van der Waals surface area contributed by atoms with Gasteiger partial charge in [0.2, 0.25) is 5.91 Å². The summed E-state index contributed by atoms with van der Waals surface area (Å²) in [5.74, 6) is -0.0452. The Morgan fingerprint density at radius 2 is 1.89 bits per heavy atom. The molecule has 0 aliphatic carbocycles. The van der Waals surface area contributed by atoms with Gasteiger partial charge >= 0.3 is 0 Å². The zero-order valence-electron chi connectivity index (χ0n) is 11.3. The Morgan fingerprint density at radius 3 is 2.33 bits per heavy atom. The predicted octanol–water partition coefficient (Wildman–Crippen LogP) is 2.46. The Hall–Kier alpha value is -1.06. The molecule has 0 heterocycles. The molecule has 0 bridgehead atoms. The minimum Gasteiger partial charge on any atom is -0.349 e. The molecular weight excluding hydrogens is 248 g/mol. The lowest BCUT2D eigenvalue weighted by Gasteiger charge is -2.27. The van der Waals surface area contributed by atoms with Gasteiger partial charge in [0.1, 0.15) is 0 Å². The Morgan fingerprint density at radius 1 is 1.33 bits per heavy atom. The average Bonchev–Trinajstić information content (AvgIpc) is 2.31. The highest BCUT2D eigenvalue weighted by atomic mass is 35.5. The summed E-state index contributed by atoms with van der Waals surface area (Å²) in [6, 6.07) is 9.85. The van der Waals surface area contributed by atoms with Crippen LogP contribution in [0.15, 0.2) is 30.3 Å². The van der Waals surface area contributed by atoms with E-state index in [4.69, 9.17) is 5.73 Å². The molecule has 1 amide bonds. The van der Waals surface area contributed by atoms with Gasteiger partial charge in [0.15, 0.2) is 0 Å². The van der Waals surface area contributed by atoms with Crippen molar-refractivity contribution >= 4 is 18.3 Å². The normalized spacial score (nSPS) is 12.4. The molecule has 3 nitrogen and oxygen atoms in total. The first-order valence-corrected chi connectivity index (χ1v) is 6.07. The monoisotopic (exact) mass is 270 g/mol. The maximum Gasteiger partial charge on any atom is 0.227 e. The zero-order chi connectivity index (χ0) is 12.9. The Balaban J connectivity index is 0.00000289. The molecule has 4 heteroatoms. The molecule has 102 valence electrons. The zero-order valence-corrected chi connectivity index (χ0v) is 12.1. The van der Waals surface area contributed by atoms with Gasteiger partial charge in [-0.3, -0.25) is 4.79 Å². The number of nitrogens with one attached hydrogen (secondary N) is 1. The van der Waals surface area contributed by atoms with Crippen LogP contribution in [-0.4, -0.2) is 18.0 Å². The lowest BCUT2D eigenvalue weighted by atomic mass is 9.94. The summed E-state index contributed by atoms with van der Waals surface area (Å²) >= 11 is 0. The van der Waals surface area contributed by atoms with Gasteiger partial charge < -0.3 is 11.1 Å². The van der Waals surface area contributed by atoms with E-state index in [1.807, 2.05) is 51.1 Å². The number of halogens is 1. The first-order valence-electron chi connectivity index (χ1n) is 6.07. The highest BCUT2D eigenvalue weighted by Gasteiger charge is 2.24. The van der Waals surface area contributed by atoms with Crippen LogP contribution in [0.2, 0.25) is 0 Å². The summed E-state index contributed by atoms with van der Waals surface area (Å²) in [6.45, 7) is 6.32. The van der Waals surface area contributed by atoms with Crippen molar-refractivity contribution in [1.82, 2.24) is 5.32 Å². The van der Waals surface area contributed by atoms with Crippen molar-refractivity contribution < 1.29 is 4.79 Å². The first kappa shape index (κ1) is 16.9. The van der Waals surface area contributed by atoms with Gasteiger partial charge in [-0.05, 0) is 25.8 Å². The van der Waals surface area contributed by atoms with Gasteiger partial charge in [0.05, 0.1) is 5.92 Å². The molecule has 18 heavy (non-hydrogen) atoms. The third-order valence-corrected chi connectivity index (χ3v) is 2.90. The van der Waals surface area contributed by atoms with Crippen LogP contribution in [0, 0.1) is 0 Å². The number of rotatable bonds is 5. The highest BCUT2D eigenvalue weighted by Crippen LogP contribution is 2.20. The molecule has 0 saturated carbocycles. The summed E-state index contributed by atoms with van der Waals surface area (Å²) in [4.78, 5) is 12.2. The maximum atomic E-state index is 12.2. The van der Waals surface area contributed by atoms with E-state index < -0.39 is 0 Å². The molecule has 0 saturated heterocycles. The number of hydrogen-bond donors (Lipinski definition) is 2. The van der Waals surface area contributed by atoms with E-state index in [1.54, 1.807) is 0 Å². The molecule has 0 fully saturated rings. The summed E-state index contributed by atoms with van der Waals surface area (Å²) in [6.07, 6.45) is 0.788. The predicted molar refractivity (Wildman–Crippen MR) is 78.0 cm³/mol. The number of carbonyl (C=O) groups excluding carboxylic acids is 1. The first-order chi connectivity index (χ1) is 8.00. The number of hydrogen-bond acceptors (Lipinski definition) is 2. The Labute approximate surface area is 116 Å². The van der Waals surface area contributed by atoms with Gasteiger partial charge in [-0.1, -0.05) is 37.3 Å². The molecule has 1 aromatic carbocycles. The maximum absolute atomic E-state index is 12.2. The lowest BCUT2D eigenvalue weighted by Crippen LogP contribution is -2.50. The third-order valence-electron chi connectivity index (χ3n) is 2.90. The second kappa shape index (κ2) is 7.39. The quantitative estimate of drug-likeness (QED) is 0.864. The standard InChI is InChI=1S/C14H22N2O.ClH/c1-4-12(11-8-6-5-7-9-11)13(17)16-14(2,3)10-15;/h5-9,12H,4,10,15H2,1-3H3,(H,16,17);1H. The van der Waals surface area contributed by atoms with Crippen molar-refractivity contribution in [2.24, 2.45) is 5.73 Å². The van der Waals surface area contributed by atoms with Gasteiger partial charge in [-0.2, -0.15) is 0 Å². The van der Waals surface area contributed by atoms with E-state index in [-0.39, 0.29) is 29.8 Å². The van der Waals surface area contributed by atoms with Gasteiger partial charge in [0.25, 0.3) is 0 Å². The van der Waals surface area contributed by atoms with E-state index in [0.29, 0.717) is 6.54 Å². The van der Waals surface area contributed by atoms with Crippen LogP contribution in [0.3, 0.4) is 0 Å². The molecule has 0 spiro atoms. The number of benzene rings is 1. The fraction of sp³-hybridized carbons (Fsp3) is 0.500. The average molecular weight is 271 g/mol. The molecule has 1 aromatic rings. The van der Waals surface area contributed by atoms with Crippen LogP contribution in [0.1, 0.15) is 38.7 Å². The van der Waals surface area contributed by atoms with E-state index >= 15 is 0 Å². The molecular formula is C14H23ClN2O. The summed E-state index contributed by atoms with van der Waals surface area (Å²) in [5.41, 5.74) is 6.33. The minimum atomic E-state index is -0.348. The second-order valence-electron chi connectivity index (χ2n) is 4.95. The van der Waals surface area contributed by atoms with Crippen LogP contribution in [0.25, 0.3) is 0 Å². The smallest absolute Gasteiger partial charge is 0.227 e. The van der Waals surface area contributed by atoms with Crippen molar-refractivity contribution in [3.63, 3.8) is 0 Å². The van der Waals surface area contributed by atoms with Crippen molar-refractivity contribution in [1.29, 1.82) is 0 Å². The Kier molecular flexibility index (Phi) is 6.96. The number of nitrogens with two attached hydrogens (primary N) is 1. The molecule has 0 aromatic heterocycles. The fourth-order valence-electron chi connectivity index (χ4n) is 1.73. The molecule has 0 aliphatic heterocycles. The summed E-state index contributed by atoms with van der Waals surface area (Å²) in [5, 5.41) is 2.99. The van der Waals surface area contributed by atoms with Crippen LogP contribution < -0.4 is 11.1 Å². The highest BCUT2D eigenvalue weighted by molar-refractivity contribution is 5.85. The SMILES string of the molecule is CCC(C(=O)NC(C)(C)CN)c1ccccc1.Cl.